The molecule has 2 unspecified atom stereocenters. The molecule has 0 fully saturated rings. The second-order valence-corrected chi connectivity index (χ2v) is 5.38. The molecule has 2 atom stereocenters. The van der Waals surface area contributed by atoms with Crippen LogP contribution in [-0.2, 0) is 6.61 Å². The molecule has 17 heavy (non-hydrogen) atoms. The van der Waals surface area contributed by atoms with Gasteiger partial charge in [-0.3, -0.25) is 0 Å². The minimum atomic E-state index is -0.406. The number of hydrogen-bond donors (Lipinski definition) is 2. The Balaban J connectivity index is 2.39. The van der Waals surface area contributed by atoms with Crippen LogP contribution in [-0.4, -0.2) is 31.0 Å². The van der Waals surface area contributed by atoms with Crippen LogP contribution in [0.1, 0.15) is 19.5 Å². The molecule has 0 saturated carbocycles. The number of nitrogens with zero attached hydrogens (tertiary/aromatic N) is 2. The highest BCUT2D eigenvalue weighted by Gasteiger charge is 2.17. The average Bonchev–Trinajstić information content (AvgIpc) is 2.65. The maximum absolute atomic E-state index is 9.50. The molecule has 2 aromatic rings. The zero-order valence-corrected chi connectivity index (χ0v) is 10.7. The monoisotopic (exact) mass is 252 g/mol. The van der Waals surface area contributed by atoms with Crippen LogP contribution in [0.2, 0.25) is 0 Å². The summed E-state index contributed by atoms with van der Waals surface area (Å²) >= 11 is 1.49. The van der Waals surface area contributed by atoms with Gasteiger partial charge in [-0.05, 0) is 19.1 Å². The lowest BCUT2D eigenvalue weighted by Crippen LogP contribution is -2.15. The van der Waals surface area contributed by atoms with Crippen molar-refractivity contribution >= 4 is 17.4 Å². The Morgan fingerprint density at radius 3 is 2.82 bits per heavy atom. The van der Waals surface area contributed by atoms with Crippen LogP contribution in [0.25, 0.3) is 5.65 Å². The minimum Gasteiger partial charge on any atom is -0.392 e. The van der Waals surface area contributed by atoms with E-state index >= 15 is 0 Å². The average molecular weight is 252 g/mol. The van der Waals surface area contributed by atoms with E-state index in [9.17, 15) is 10.2 Å². The van der Waals surface area contributed by atoms with Crippen molar-refractivity contribution in [2.24, 2.45) is 0 Å². The molecule has 0 radical (unpaired) electrons. The largest absolute Gasteiger partial charge is 0.392 e. The van der Waals surface area contributed by atoms with Crippen LogP contribution in [0.4, 0.5) is 0 Å². The summed E-state index contributed by atoms with van der Waals surface area (Å²) in [7, 11) is 0. The number of thioether (sulfide) groups is 1. The highest BCUT2D eigenvalue weighted by molar-refractivity contribution is 7.99. The highest BCUT2D eigenvalue weighted by atomic mass is 32.2. The standard InChI is InChI=1S/C12H16N2O2S/c1-8(16)9(2)17-12-10(7-15)14-6-4-3-5-11(14)13-12/h3-6,8-9,15-16H,7H2,1-2H3. The van der Waals surface area contributed by atoms with Gasteiger partial charge in [0.25, 0.3) is 0 Å². The molecular weight excluding hydrogens is 236 g/mol. The highest BCUT2D eigenvalue weighted by Crippen LogP contribution is 2.28. The van der Waals surface area contributed by atoms with Gasteiger partial charge in [0.05, 0.1) is 18.4 Å². The van der Waals surface area contributed by atoms with E-state index in [0.29, 0.717) is 0 Å². The first-order valence-corrected chi connectivity index (χ1v) is 6.43. The van der Waals surface area contributed by atoms with E-state index < -0.39 is 6.10 Å². The summed E-state index contributed by atoms with van der Waals surface area (Å²) in [5.41, 5.74) is 1.59. The summed E-state index contributed by atoms with van der Waals surface area (Å²) in [6, 6.07) is 5.71. The molecule has 2 N–H and O–H groups in total. The van der Waals surface area contributed by atoms with Crippen LogP contribution in [0, 0.1) is 0 Å². The Kier molecular flexibility index (Phi) is 3.71. The predicted octanol–water partition coefficient (Wildman–Crippen LogP) is 1.69. The second kappa shape index (κ2) is 5.08. The Morgan fingerprint density at radius 2 is 2.18 bits per heavy atom. The molecule has 0 aliphatic carbocycles. The number of fused-ring (bicyclic) bond motifs is 1. The Labute approximate surface area is 104 Å². The fourth-order valence-corrected chi connectivity index (χ4v) is 2.53. The number of aliphatic hydroxyl groups is 2. The number of pyridine rings is 1. The molecular formula is C12H16N2O2S. The summed E-state index contributed by atoms with van der Waals surface area (Å²) in [5.74, 6) is 0. The molecule has 5 heteroatoms. The van der Waals surface area contributed by atoms with E-state index in [1.165, 1.54) is 11.8 Å². The fourth-order valence-electron chi connectivity index (χ4n) is 1.54. The maximum Gasteiger partial charge on any atom is 0.138 e. The zero-order valence-electron chi connectivity index (χ0n) is 9.87. The SMILES string of the molecule is CC(O)C(C)Sc1nc2ccccn2c1CO. The Hall–Kier alpha value is -1.04. The Bertz CT molecular complexity index is 510. The van der Waals surface area contributed by atoms with E-state index in [1.807, 2.05) is 35.7 Å². The number of aliphatic hydroxyl groups excluding tert-OH is 2. The normalized spacial score (nSPS) is 15.1. The Morgan fingerprint density at radius 1 is 1.41 bits per heavy atom. The van der Waals surface area contributed by atoms with Crippen molar-refractivity contribution in [3.05, 3.63) is 30.1 Å². The van der Waals surface area contributed by atoms with Crippen molar-refractivity contribution < 1.29 is 10.2 Å². The molecule has 0 amide bonds. The van der Waals surface area contributed by atoms with E-state index in [2.05, 4.69) is 4.98 Å². The molecule has 0 saturated heterocycles. The van der Waals surface area contributed by atoms with Gasteiger partial charge in [-0.2, -0.15) is 0 Å². The van der Waals surface area contributed by atoms with Gasteiger partial charge in [0.2, 0.25) is 0 Å². The van der Waals surface area contributed by atoms with Gasteiger partial charge in [-0.15, -0.1) is 0 Å². The van der Waals surface area contributed by atoms with Crippen LogP contribution >= 0.6 is 11.8 Å². The van der Waals surface area contributed by atoms with Gasteiger partial charge in [-0.1, -0.05) is 24.8 Å². The quantitative estimate of drug-likeness (QED) is 0.813. The smallest absolute Gasteiger partial charge is 0.138 e. The van der Waals surface area contributed by atoms with Gasteiger partial charge in [0, 0.05) is 11.4 Å². The topological polar surface area (TPSA) is 57.8 Å². The molecule has 0 aromatic carbocycles. The molecule has 0 aliphatic rings. The van der Waals surface area contributed by atoms with Crippen LogP contribution in [0.3, 0.4) is 0 Å². The molecule has 0 spiro atoms. The van der Waals surface area contributed by atoms with Crippen molar-refractivity contribution in [2.45, 2.75) is 36.8 Å². The minimum absolute atomic E-state index is 0.0465. The summed E-state index contributed by atoms with van der Waals surface area (Å²) < 4.78 is 1.87. The van der Waals surface area contributed by atoms with E-state index in [4.69, 9.17) is 0 Å². The van der Waals surface area contributed by atoms with Gasteiger partial charge in [0.1, 0.15) is 10.7 Å². The first kappa shape index (κ1) is 12.4. The molecule has 4 nitrogen and oxygen atoms in total. The number of imidazole rings is 1. The third-order valence-corrected chi connectivity index (χ3v) is 4.03. The van der Waals surface area contributed by atoms with Crippen molar-refractivity contribution in [1.29, 1.82) is 0 Å². The summed E-state index contributed by atoms with van der Waals surface area (Å²) in [4.78, 5) is 4.46. The molecule has 2 aromatic heterocycles. The third kappa shape index (κ3) is 2.46. The number of aromatic nitrogens is 2. The van der Waals surface area contributed by atoms with Crippen molar-refractivity contribution in [2.75, 3.05) is 0 Å². The van der Waals surface area contributed by atoms with E-state index in [-0.39, 0.29) is 11.9 Å². The maximum atomic E-state index is 9.50. The summed E-state index contributed by atoms with van der Waals surface area (Å²) in [5, 5.41) is 19.8. The zero-order chi connectivity index (χ0) is 12.4. The third-order valence-electron chi connectivity index (χ3n) is 2.72. The molecule has 92 valence electrons. The van der Waals surface area contributed by atoms with Gasteiger partial charge in [0.15, 0.2) is 0 Å². The van der Waals surface area contributed by atoms with Gasteiger partial charge >= 0.3 is 0 Å². The van der Waals surface area contributed by atoms with Crippen molar-refractivity contribution in [3.8, 4) is 0 Å². The molecule has 2 heterocycles. The van der Waals surface area contributed by atoms with Crippen LogP contribution in [0.5, 0.6) is 0 Å². The van der Waals surface area contributed by atoms with E-state index in [1.54, 1.807) is 6.92 Å². The molecule has 0 bridgehead atoms. The van der Waals surface area contributed by atoms with Crippen molar-refractivity contribution in [1.82, 2.24) is 9.38 Å². The summed E-state index contributed by atoms with van der Waals surface area (Å²) in [6.45, 7) is 3.65. The lowest BCUT2D eigenvalue weighted by atomic mass is 10.3. The number of hydrogen-bond acceptors (Lipinski definition) is 4. The summed E-state index contributed by atoms with van der Waals surface area (Å²) in [6.07, 6.45) is 1.47. The van der Waals surface area contributed by atoms with Gasteiger partial charge < -0.3 is 14.6 Å². The molecule has 0 aliphatic heterocycles. The van der Waals surface area contributed by atoms with Gasteiger partial charge in [-0.25, -0.2) is 4.98 Å². The van der Waals surface area contributed by atoms with E-state index in [0.717, 1.165) is 16.4 Å². The lowest BCUT2D eigenvalue weighted by molar-refractivity contribution is 0.196. The first-order valence-electron chi connectivity index (χ1n) is 5.55. The first-order chi connectivity index (χ1) is 8.13. The predicted molar refractivity (Wildman–Crippen MR) is 68.1 cm³/mol. The van der Waals surface area contributed by atoms with Crippen LogP contribution < -0.4 is 0 Å². The lowest BCUT2D eigenvalue weighted by Gasteiger charge is -2.12. The molecule has 2 rings (SSSR count). The van der Waals surface area contributed by atoms with Crippen molar-refractivity contribution in [3.63, 3.8) is 0 Å². The number of rotatable bonds is 4. The van der Waals surface area contributed by atoms with Crippen LogP contribution in [0.15, 0.2) is 29.4 Å². The second-order valence-electron chi connectivity index (χ2n) is 4.01. The fraction of sp³-hybridized carbons (Fsp3) is 0.417.